The van der Waals surface area contributed by atoms with Gasteiger partial charge in [0.05, 0.1) is 16.7 Å². The molecule has 1 aliphatic heterocycles. The molecular formula is C22H25N5O. The number of aromatic amines is 1. The Labute approximate surface area is 163 Å². The highest BCUT2D eigenvalue weighted by atomic mass is 16.1. The number of pyridine rings is 1. The molecule has 6 nitrogen and oxygen atoms in total. The number of imidazole rings is 2. The Balaban J connectivity index is 1.27. The van der Waals surface area contributed by atoms with Crippen LogP contribution in [0.4, 0.5) is 0 Å². The van der Waals surface area contributed by atoms with Crippen LogP contribution in [0.1, 0.15) is 30.3 Å². The van der Waals surface area contributed by atoms with Gasteiger partial charge in [0.2, 0.25) is 0 Å². The molecular weight excluding hydrogens is 350 g/mol. The van der Waals surface area contributed by atoms with Crippen LogP contribution in [0.25, 0.3) is 16.7 Å². The highest BCUT2D eigenvalue weighted by molar-refractivity contribution is 5.75. The zero-order valence-corrected chi connectivity index (χ0v) is 16.1. The van der Waals surface area contributed by atoms with E-state index in [1.165, 1.54) is 5.69 Å². The number of para-hydroxylation sites is 2. The van der Waals surface area contributed by atoms with Crippen LogP contribution in [-0.2, 0) is 6.42 Å². The minimum absolute atomic E-state index is 0.0148. The molecule has 4 aromatic rings. The molecule has 0 atom stereocenters. The lowest BCUT2D eigenvalue weighted by molar-refractivity contribution is 0.188. The van der Waals surface area contributed by atoms with Crippen molar-refractivity contribution in [1.29, 1.82) is 0 Å². The summed E-state index contributed by atoms with van der Waals surface area (Å²) >= 11 is 0. The van der Waals surface area contributed by atoms with E-state index in [2.05, 4.69) is 44.5 Å². The highest BCUT2D eigenvalue weighted by Gasteiger charge is 2.23. The van der Waals surface area contributed by atoms with Gasteiger partial charge in [-0.1, -0.05) is 18.2 Å². The zero-order chi connectivity index (χ0) is 19.1. The van der Waals surface area contributed by atoms with Crippen LogP contribution in [0, 0.1) is 6.92 Å². The molecule has 4 heterocycles. The van der Waals surface area contributed by atoms with E-state index in [9.17, 15) is 4.79 Å². The molecule has 1 aliphatic rings. The van der Waals surface area contributed by atoms with Crippen molar-refractivity contribution in [2.24, 2.45) is 0 Å². The summed E-state index contributed by atoms with van der Waals surface area (Å²) in [7, 11) is 0. The number of benzene rings is 1. The van der Waals surface area contributed by atoms with Crippen LogP contribution < -0.4 is 5.69 Å². The normalized spacial score (nSPS) is 16.3. The van der Waals surface area contributed by atoms with Crippen molar-refractivity contribution >= 4 is 16.7 Å². The van der Waals surface area contributed by atoms with Gasteiger partial charge in [0, 0.05) is 44.0 Å². The Morgan fingerprint density at radius 3 is 2.75 bits per heavy atom. The van der Waals surface area contributed by atoms with Crippen LogP contribution >= 0.6 is 0 Å². The topological polar surface area (TPSA) is 58.3 Å². The third-order valence-corrected chi connectivity index (χ3v) is 6.04. The average Bonchev–Trinajstić information content (AvgIpc) is 3.22. The number of hydrogen-bond acceptors (Lipinski definition) is 3. The van der Waals surface area contributed by atoms with Gasteiger partial charge < -0.3 is 14.3 Å². The predicted molar refractivity (Wildman–Crippen MR) is 111 cm³/mol. The quantitative estimate of drug-likeness (QED) is 0.596. The number of H-pyrrole nitrogens is 1. The first kappa shape index (κ1) is 17.3. The van der Waals surface area contributed by atoms with Crippen molar-refractivity contribution in [3.63, 3.8) is 0 Å². The van der Waals surface area contributed by atoms with Gasteiger partial charge >= 0.3 is 5.69 Å². The maximum atomic E-state index is 12.4. The molecule has 0 unspecified atom stereocenters. The number of rotatable bonds is 4. The number of hydrogen-bond donors (Lipinski definition) is 1. The maximum Gasteiger partial charge on any atom is 0.326 e. The molecule has 1 fully saturated rings. The Morgan fingerprint density at radius 2 is 1.89 bits per heavy atom. The lowest BCUT2D eigenvalue weighted by Crippen LogP contribution is -2.38. The smallest absolute Gasteiger partial charge is 0.306 e. The third kappa shape index (κ3) is 2.94. The van der Waals surface area contributed by atoms with E-state index < -0.39 is 0 Å². The molecule has 6 heteroatoms. The van der Waals surface area contributed by atoms with E-state index in [1.54, 1.807) is 0 Å². The van der Waals surface area contributed by atoms with Crippen molar-refractivity contribution in [3.8, 4) is 0 Å². The summed E-state index contributed by atoms with van der Waals surface area (Å²) in [6, 6.07) is 14.4. The Hall–Kier alpha value is -2.86. The van der Waals surface area contributed by atoms with Crippen LogP contribution in [0.2, 0.25) is 0 Å². The number of aromatic nitrogens is 4. The molecule has 5 rings (SSSR count). The minimum atomic E-state index is 0.0148. The molecule has 0 radical (unpaired) electrons. The number of nitrogens with one attached hydrogen (secondary N) is 1. The largest absolute Gasteiger partial charge is 0.326 e. The Morgan fingerprint density at radius 1 is 1.11 bits per heavy atom. The summed E-state index contributed by atoms with van der Waals surface area (Å²) < 4.78 is 4.16. The molecule has 1 aromatic carbocycles. The highest BCUT2D eigenvalue weighted by Crippen LogP contribution is 2.25. The first-order valence-corrected chi connectivity index (χ1v) is 10.0. The van der Waals surface area contributed by atoms with Gasteiger partial charge in [0.1, 0.15) is 5.65 Å². The second kappa shape index (κ2) is 6.95. The van der Waals surface area contributed by atoms with Crippen molar-refractivity contribution < 1.29 is 0 Å². The van der Waals surface area contributed by atoms with E-state index in [4.69, 9.17) is 0 Å². The summed E-state index contributed by atoms with van der Waals surface area (Å²) in [4.78, 5) is 22.6. The van der Waals surface area contributed by atoms with E-state index in [0.29, 0.717) is 0 Å². The van der Waals surface area contributed by atoms with E-state index >= 15 is 0 Å². The maximum absolute atomic E-state index is 12.4. The van der Waals surface area contributed by atoms with E-state index in [1.807, 2.05) is 34.9 Å². The fourth-order valence-corrected chi connectivity index (χ4v) is 4.57. The van der Waals surface area contributed by atoms with Gasteiger partial charge in [-0.15, -0.1) is 0 Å². The van der Waals surface area contributed by atoms with Crippen LogP contribution in [0.5, 0.6) is 0 Å². The van der Waals surface area contributed by atoms with Gasteiger partial charge in [0.15, 0.2) is 0 Å². The van der Waals surface area contributed by atoms with Crippen molar-refractivity contribution in [2.75, 3.05) is 19.6 Å². The molecule has 144 valence electrons. The number of nitrogens with zero attached hydrogens (tertiary/aromatic N) is 4. The summed E-state index contributed by atoms with van der Waals surface area (Å²) in [5, 5.41) is 0. The number of likely N-dealkylation sites (tertiary alicyclic amines) is 1. The van der Waals surface area contributed by atoms with Crippen molar-refractivity contribution in [1.82, 2.24) is 23.8 Å². The number of fused-ring (bicyclic) bond motifs is 2. The summed E-state index contributed by atoms with van der Waals surface area (Å²) in [6.07, 6.45) is 5.11. The Bertz CT molecular complexity index is 1180. The van der Waals surface area contributed by atoms with Crippen LogP contribution in [0.3, 0.4) is 0 Å². The molecule has 0 amide bonds. The molecule has 1 N–H and O–H groups in total. The lowest BCUT2D eigenvalue weighted by atomic mass is 10.0. The van der Waals surface area contributed by atoms with E-state index in [0.717, 1.165) is 61.3 Å². The monoisotopic (exact) mass is 375 g/mol. The number of piperidine rings is 1. The Kier molecular flexibility index (Phi) is 4.28. The molecule has 0 aliphatic carbocycles. The minimum Gasteiger partial charge on any atom is -0.306 e. The van der Waals surface area contributed by atoms with Gasteiger partial charge in [-0.25, -0.2) is 9.78 Å². The zero-order valence-electron chi connectivity index (χ0n) is 16.1. The van der Waals surface area contributed by atoms with Crippen molar-refractivity contribution in [2.45, 2.75) is 32.2 Å². The molecule has 0 saturated carbocycles. The SMILES string of the molecule is Cc1nc2ccccn2c1CCN1CCC(n2c(=O)[nH]c3ccccc32)CC1. The van der Waals surface area contributed by atoms with Crippen LogP contribution in [0.15, 0.2) is 53.5 Å². The molecule has 3 aromatic heterocycles. The first-order chi connectivity index (χ1) is 13.7. The summed E-state index contributed by atoms with van der Waals surface area (Å²) in [5.41, 5.74) is 5.40. The van der Waals surface area contributed by atoms with Gasteiger partial charge in [-0.2, -0.15) is 0 Å². The van der Waals surface area contributed by atoms with Crippen LogP contribution in [-0.4, -0.2) is 43.5 Å². The molecule has 28 heavy (non-hydrogen) atoms. The second-order valence-electron chi connectivity index (χ2n) is 7.71. The van der Waals surface area contributed by atoms with Gasteiger partial charge in [0.25, 0.3) is 0 Å². The van der Waals surface area contributed by atoms with E-state index in [-0.39, 0.29) is 11.7 Å². The second-order valence-corrected chi connectivity index (χ2v) is 7.71. The fourth-order valence-electron chi connectivity index (χ4n) is 4.57. The average molecular weight is 375 g/mol. The first-order valence-electron chi connectivity index (χ1n) is 10.0. The number of aryl methyl sites for hydroxylation is 1. The third-order valence-electron chi connectivity index (χ3n) is 6.04. The summed E-state index contributed by atoms with van der Waals surface area (Å²) in [6.45, 7) is 5.16. The molecule has 0 spiro atoms. The lowest BCUT2D eigenvalue weighted by Gasteiger charge is -2.32. The fraction of sp³-hybridized carbons (Fsp3) is 0.364. The molecule has 0 bridgehead atoms. The predicted octanol–water partition coefficient (Wildman–Crippen LogP) is 3.17. The molecule has 1 saturated heterocycles. The van der Waals surface area contributed by atoms with Crippen molar-refractivity contribution in [3.05, 3.63) is 70.5 Å². The van der Waals surface area contributed by atoms with Gasteiger partial charge in [-0.05, 0) is 44.0 Å². The summed E-state index contributed by atoms with van der Waals surface area (Å²) in [5.74, 6) is 0. The standard InChI is InChI=1S/C22H25N5O/c1-16-19(26-12-5-4-8-21(26)23-16)11-15-25-13-9-17(10-14-25)27-20-7-3-2-6-18(20)24-22(27)28/h2-8,12,17H,9-11,13-15H2,1H3,(H,24,28). The van der Waals surface area contributed by atoms with Gasteiger partial charge in [-0.3, -0.25) is 4.57 Å².